The summed E-state index contributed by atoms with van der Waals surface area (Å²) in [7, 11) is 0. The Labute approximate surface area is 93.9 Å². The molecule has 1 rings (SSSR count). The van der Waals surface area contributed by atoms with Gasteiger partial charge in [0.1, 0.15) is 0 Å². The second kappa shape index (κ2) is 6.62. The Kier molecular flexibility index (Phi) is 5.41. The van der Waals surface area contributed by atoms with Crippen LogP contribution in [0.25, 0.3) is 0 Å². The van der Waals surface area contributed by atoms with E-state index >= 15 is 0 Å². The van der Waals surface area contributed by atoms with Gasteiger partial charge >= 0.3 is 0 Å². The predicted octanol–water partition coefficient (Wildman–Crippen LogP) is 3.31. The molecule has 0 heterocycles. The second-order valence-corrected chi connectivity index (χ2v) is 3.99. The predicted molar refractivity (Wildman–Crippen MR) is 67.2 cm³/mol. The van der Waals surface area contributed by atoms with Crippen molar-refractivity contribution in [3.05, 3.63) is 34.9 Å². The van der Waals surface area contributed by atoms with Gasteiger partial charge in [-0.1, -0.05) is 39.0 Å². The molecule has 1 heteroatoms. The minimum atomic E-state index is 1.02. The lowest BCUT2D eigenvalue weighted by Gasteiger charge is -2.10. The molecule has 0 amide bonds. The molecule has 1 N–H and O–H groups in total. The van der Waals surface area contributed by atoms with Crippen LogP contribution in [0.15, 0.2) is 18.2 Å². The summed E-state index contributed by atoms with van der Waals surface area (Å²) >= 11 is 0. The maximum absolute atomic E-state index is 3.48. The number of aryl methyl sites for hydroxylation is 2. The van der Waals surface area contributed by atoms with Crippen LogP contribution in [0, 0.1) is 0 Å². The number of benzene rings is 1. The molecule has 0 unspecified atom stereocenters. The smallest absolute Gasteiger partial charge is 0.0208 e. The number of hydrogen-bond donors (Lipinski definition) is 1. The zero-order chi connectivity index (χ0) is 11.1. The van der Waals surface area contributed by atoms with Gasteiger partial charge in [0, 0.05) is 6.54 Å². The van der Waals surface area contributed by atoms with E-state index in [9.17, 15) is 0 Å². The fourth-order valence-electron chi connectivity index (χ4n) is 1.81. The molecule has 0 spiro atoms. The SMILES string of the molecule is CCCNCc1cc(CC)ccc1CC. The van der Waals surface area contributed by atoms with Gasteiger partial charge in [-0.3, -0.25) is 0 Å². The zero-order valence-corrected chi connectivity index (χ0v) is 10.3. The third kappa shape index (κ3) is 3.67. The van der Waals surface area contributed by atoms with Crippen LogP contribution in [0.4, 0.5) is 0 Å². The standard InChI is InChI=1S/C14H23N/c1-4-9-15-11-14-10-12(5-2)7-8-13(14)6-3/h7-8,10,15H,4-6,9,11H2,1-3H3. The second-order valence-electron chi connectivity index (χ2n) is 3.99. The van der Waals surface area contributed by atoms with E-state index < -0.39 is 0 Å². The lowest BCUT2D eigenvalue weighted by Crippen LogP contribution is -2.15. The Morgan fingerprint density at radius 2 is 1.80 bits per heavy atom. The van der Waals surface area contributed by atoms with Gasteiger partial charge in [0.25, 0.3) is 0 Å². The maximum Gasteiger partial charge on any atom is 0.0208 e. The minimum Gasteiger partial charge on any atom is -0.313 e. The van der Waals surface area contributed by atoms with Crippen LogP contribution in [-0.2, 0) is 19.4 Å². The summed E-state index contributed by atoms with van der Waals surface area (Å²) in [5.74, 6) is 0. The van der Waals surface area contributed by atoms with Crippen molar-refractivity contribution in [2.75, 3.05) is 6.54 Å². The van der Waals surface area contributed by atoms with Crippen molar-refractivity contribution < 1.29 is 0 Å². The molecule has 1 aromatic rings. The summed E-state index contributed by atoms with van der Waals surface area (Å²) in [6, 6.07) is 6.88. The monoisotopic (exact) mass is 205 g/mol. The fourth-order valence-corrected chi connectivity index (χ4v) is 1.81. The van der Waals surface area contributed by atoms with Gasteiger partial charge in [-0.15, -0.1) is 0 Å². The van der Waals surface area contributed by atoms with Gasteiger partial charge in [0.2, 0.25) is 0 Å². The van der Waals surface area contributed by atoms with E-state index in [-0.39, 0.29) is 0 Å². The number of rotatable bonds is 6. The van der Waals surface area contributed by atoms with E-state index in [2.05, 4.69) is 44.3 Å². The molecule has 0 bridgehead atoms. The Balaban J connectivity index is 2.72. The largest absolute Gasteiger partial charge is 0.313 e. The van der Waals surface area contributed by atoms with Crippen molar-refractivity contribution in [2.24, 2.45) is 0 Å². The van der Waals surface area contributed by atoms with Gasteiger partial charge in [-0.05, 0) is 42.5 Å². The molecule has 1 aromatic carbocycles. The van der Waals surface area contributed by atoms with Crippen LogP contribution >= 0.6 is 0 Å². The Hall–Kier alpha value is -0.820. The first-order valence-corrected chi connectivity index (χ1v) is 6.13. The molecule has 0 fully saturated rings. The molecule has 0 radical (unpaired) electrons. The lowest BCUT2D eigenvalue weighted by atomic mass is 10.0. The van der Waals surface area contributed by atoms with E-state index in [0.717, 1.165) is 25.9 Å². The molecule has 1 nitrogen and oxygen atoms in total. The van der Waals surface area contributed by atoms with Gasteiger partial charge in [0.15, 0.2) is 0 Å². The van der Waals surface area contributed by atoms with Crippen LogP contribution in [-0.4, -0.2) is 6.54 Å². The van der Waals surface area contributed by atoms with Crippen LogP contribution in [0.5, 0.6) is 0 Å². The minimum absolute atomic E-state index is 1.02. The van der Waals surface area contributed by atoms with E-state index in [1.807, 2.05) is 0 Å². The van der Waals surface area contributed by atoms with Gasteiger partial charge < -0.3 is 5.32 Å². The van der Waals surface area contributed by atoms with Crippen molar-refractivity contribution >= 4 is 0 Å². The topological polar surface area (TPSA) is 12.0 Å². The highest BCUT2D eigenvalue weighted by atomic mass is 14.8. The molecule has 0 aliphatic rings. The van der Waals surface area contributed by atoms with E-state index in [1.165, 1.54) is 23.1 Å². The highest BCUT2D eigenvalue weighted by Crippen LogP contribution is 2.13. The van der Waals surface area contributed by atoms with Crippen molar-refractivity contribution in [1.82, 2.24) is 5.32 Å². The third-order valence-electron chi connectivity index (χ3n) is 2.80. The maximum atomic E-state index is 3.48. The number of nitrogens with one attached hydrogen (secondary N) is 1. The molecule has 0 aromatic heterocycles. The van der Waals surface area contributed by atoms with E-state index in [0.29, 0.717) is 0 Å². The molecule has 84 valence electrons. The van der Waals surface area contributed by atoms with Gasteiger partial charge in [-0.2, -0.15) is 0 Å². The van der Waals surface area contributed by atoms with E-state index in [1.54, 1.807) is 0 Å². The van der Waals surface area contributed by atoms with Crippen LogP contribution < -0.4 is 5.32 Å². The van der Waals surface area contributed by atoms with Crippen LogP contribution in [0.1, 0.15) is 43.9 Å². The van der Waals surface area contributed by atoms with Crippen LogP contribution in [0.3, 0.4) is 0 Å². The lowest BCUT2D eigenvalue weighted by molar-refractivity contribution is 0.671. The molecule has 0 saturated carbocycles. The van der Waals surface area contributed by atoms with Gasteiger partial charge in [-0.25, -0.2) is 0 Å². The zero-order valence-electron chi connectivity index (χ0n) is 10.3. The average Bonchev–Trinajstić information content (AvgIpc) is 2.29. The first kappa shape index (κ1) is 12.3. The van der Waals surface area contributed by atoms with Crippen molar-refractivity contribution in [3.8, 4) is 0 Å². The summed E-state index contributed by atoms with van der Waals surface area (Å²) in [6.07, 6.45) is 3.47. The highest BCUT2D eigenvalue weighted by Gasteiger charge is 2.01. The van der Waals surface area contributed by atoms with Crippen molar-refractivity contribution in [1.29, 1.82) is 0 Å². The Morgan fingerprint density at radius 1 is 1.00 bits per heavy atom. The first-order valence-electron chi connectivity index (χ1n) is 6.13. The molecular formula is C14H23N. The Morgan fingerprint density at radius 3 is 2.40 bits per heavy atom. The summed E-state index contributed by atoms with van der Waals surface area (Å²) in [6.45, 7) is 8.77. The quantitative estimate of drug-likeness (QED) is 0.703. The molecule has 0 aliphatic carbocycles. The van der Waals surface area contributed by atoms with Crippen LogP contribution in [0.2, 0.25) is 0 Å². The molecule has 0 saturated heterocycles. The average molecular weight is 205 g/mol. The third-order valence-corrected chi connectivity index (χ3v) is 2.80. The number of hydrogen-bond acceptors (Lipinski definition) is 1. The Bertz CT molecular complexity index is 291. The molecule has 15 heavy (non-hydrogen) atoms. The first-order chi connectivity index (χ1) is 7.31. The summed E-state index contributed by atoms with van der Waals surface area (Å²) < 4.78 is 0. The van der Waals surface area contributed by atoms with Crippen molar-refractivity contribution in [2.45, 2.75) is 46.6 Å². The highest BCUT2D eigenvalue weighted by molar-refractivity contribution is 5.32. The summed E-state index contributed by atoms with van der Waals surface area (Å²) in [4.78, 5) is 0. The fraction of sp³-hybridized carbons (Fsp3) is 0.571. The molecular weight excluding hydrogens is 182 g/mol. The summed E-state index contributed by atoms with van der Waals surface area (Å²) in [5, 5.41) is 3.48. The molecule has 0 aliphatic heterocycles. The summed E-state index contributed by atoms with van der Waals surface area (Å²) in [5.41, 5.74) is 4.40. The van der Waals surface area contributed by atoms with E-state index in [4.69, 9.17) is 0 Å². The van der Waals surface area contributed by atoms with Gasteiger partial charge in [0.05, 0.1) is 0 Å². The van der Waals surface area contributed by atoms with Crippen molar-refractivity contribution in [3.63, 3.8) is 0 Å². The molecule has 0 atom stereocenters. The normalized spacial score (nSPS) is 10.6.